The zero-order valence-corrected chi connectivity index (χ0v) is 70.0. The Morgan fingerprint density at radius 1 is 0.242 bits per heavy atom. The van der Waals surface area contributed by atoms with Gasteiger partial charge in [-0.1, -0.05) is 356 Å². The molecule has 0 amide bonds. The second kappa shape index (κ2) is 30.9. The van der Waals surface area contributed by atoms with Crippen LogP contribution >= 0.6 is 38.6 Å². The largest absolute Gasteiger partial charge is 0.496 e. The van der Waals surface area contributed by atoms with Crippen LogP contribution in [0, 0.1) is 6.08 Å². The third kappa shape index (κ3) is 13.6. The predicted octanol–water partition coefficient (Wildman–Crippen LogP) is 32.5. The third-order valence-corrected chi connectivity index (χ3v) is 27.8. The molecule has 0 saturated carbocycles. The number of fused-ring (bicyclic) bond motifs is 18. The SMILES string of the molecule is Brc1cccc(-c2ccc3c4c(c5ccccc5c3c2)C=[C+]C=C4)c1.CC1(C)OB(c2cccc3c2sc2c(-c4cccc(-c5ccc(-c6ccccc6)cc5)c4)cccc23)OC1(C)C.c1ccc(-c2ccc(-c3cccc(-c4cccc5c4sc4c(-c6cccc(-c7ccc8c9ccccc9c9ccccc9c8c7)c6)cccc45)c3)cc2)cc1. The number of benzene rings is 19. The molecule has 0 bridgehead atoms. The summed E-state index contributed by atoms with van der Waals surface area (Å²) in [6.45, 7) is 8.44. The van der Waals surface area contributed by atoms with E-state index in [9.17, 15) is 0 Å². The molecule has 0 spiro atoms. The first-order chi connectivity index (χ1) is 58.9. The lowest BCUT2D eigenvalue weighted by Gasteiger charge is -2.32. The predicted molar refractivity (Wildman–Crippen MR) is 522 cm³/mol. The number of thiophene rings is 2. The number of halogens is 1. The Bertz CT molecular complexity index is 7610. The van der Waals surface area contributed by atoms with Crippen molar-refractivity contribution in [1.82, 2.24) is 0 Å². The Labute approximate surface area is 716 Å². The van der Waals surface area contributed by atoms with Crippen molar-refractivity contribution in [3.8, 4) is 100 Å². The third-order valence-electron chi connectivity index (χ3n) is 24.7. The van der Waals surface area contributed by atoms with Gasteiger partial charge in [-0.05, 0) is 219 Å². The van der Waals surface area contributed by atoms with Gasteiger partial charge in [-0.15, -0.1) is 22.7 Å². The van der Waals surface area contributed by atoms with Crippen molar-refractivity contribution in [2.75, 3.05) is 0 Å². The monoisotopic (exact) mass is 1630 g/mol. The van der Waals surface area contributed by atoms with Crippen molar-refractivity contribution in [1.29, 1.82) is 0 Å². The minimum atomic E-state index is -0.382. The minimum Gasteiger partial charge on any atom is -0.399 e. The van der Waals surface area contributed by atoms with Gasteiger partial charge in [-0.25, -0.2) is 0 Å². The Morgan fingerprint density at radius 2 is 0.533 bits per heavy atom. The van der Waals surface area contributed by atoms with E-state index in [2.05, 4.69) is 450 Å². The molecule has 120 heavy (non-hydrogen) atoms. The van der Waals surface area contributed by atoms with Gasteiger partial charge in [0.25, 0.3) is 0 Å². The maximum atomic E-state index is 6.45. The van der Waals surface area contributed by atoms with E-state index in [4.69, 9.17) is 9.31 Å². The Kier molecular flexibility index (Phi) is 19.2. The molecule has 0 atom stereocenters. The fourth-order valence-corrected chi connectivity index (χ4v) is 21.0. The quantitative estimate of drug-likeness (QED) is 0.0772. The van der Waals surface area contributed by atoms with E-state index in [1.54, 1.807) is 0 Å². The Balaban J connectivity index is 0.000000120. The second-order valence-corrected chi connectivity index (χ2v) is 35.3. The molecule has 0 radical (unpaired) electrons. The number of hydrogen-bond donors (Lipinski definition) is 0. The normalized spacial score (nSPS) is 13.3. The molecule has 1 fully saturated rings. The van der Waals surface area contributed by atoms with Crippen molar-refractivity contribution in [3.63, 3.8) is 0 Å². The van der Waals surface area contributed by atoms with Gasteiger partial charge in [0.1, 0.15) is 23.3 Å². The lowest BCUT2D eigenvalue weighted by atomic mass is 9.78. The molecular formula is C114H79BBrO2S2+. The summed E-state index contributed by atoms with van der Waals surface area (Å²) in [5.41, 5.74) is 25.1. The number of hydrogen-bond acceptors (Lipinski definition) is 4. The maximum absolute atomic E-state index is 6.45. The molecule has 19 aromatic carbocycles. The van der Waals surface area contributed by atoms with E-state index in [-0.39, 0.29) is 18.3 Å². The molecule has 0 unspecified atom stereocenters. The van der Waals surface area contributed by atoms with Crippen LogP contribution in [0.1, 0.15) is 38.8 Å². The van der Waals surface area contributed by atoms with Crippen LogP contribution in [0.3, 0.4) is 0 Å². The summed E-state index contributed by atoms with van der Waals surface area (Å²) in [4.78, 5) is 0. The molecule has 0 N–H and O–H groups in total. The van der Waals surface area contributed by atoms with Crippen LogP contribution in [0.15, 0.2) is 399 Å². The second-order valence-electron chi connectivity index (χ2n) is 32.3. The molecule has 2 aliphatic rings. The van der Waals surface area contributed by atoms with Crippen LogP contribution in [-0.4, -0.2) is 18.3 Å². The molecular weight excluding hydrogens is 1560 g/mol. The summed E-state index contributed by atoms with van der Waals surface area (Å²) < 4.78 is 19.2. The van der Waals surface area contributed by atoms with Gasteiger partial charge in [0.15, 0.2) is 0 Å². The fourth-order valence-electron chi connectivity index (χ4n) is 17.8. The van der Waals surface area contributed by atoms with Crippen LogP contribution < -0.4 is 5.46 Å². The Morgan fingerprint density at radius 3 is 1.00 bits per heavy atom. The Hall–Kier alpha value is -13.2. The van der Waals surface area contributed by atoms with Crippen LogP contribution in [-0.2, 0) is 9.31 Å². The lowest BCUT2D eigenvalue weighted by Crippen LogP contribution is -2.41. The summed E-state index contributed by atoms with van der Waals surface area (Å²) in [6, 6.07) is 141. The summed E-state index contributed by atoms with van der Waals surface area (Å²) >= 11 is 7.33. The summed E-state index contributed by atoms with van der Waals surface area (Å²) in [5, 5.41) is 18.1. The zero-order chi connectivity index (χ0) is 80.6. The van der Waals surface area contributed by atoms with E-state index in [1.165, 1.54) is 205 Å². The van der Waals surface area contributed by atoms with E-state index in [0.717, 1.165) is 9.94 Å². The van der Waals surface area contributed by atoms with Gasteiger partial charge >= 0.3 is 7.12 Å². The van der Waals surface area contributed by atoms with E-state index in [1.807, 2.05) is 28.7 Å². The van der Waals surface area contributed by atoms with Crippen molar-refractivity contribution >= 4 is 158 Å². The zero-order valence-electron chi connectivity index (χ0n) is 66.8. The number of allylic oxidation sites excluding steroid dienone is 2. The van der Waals surface area contributed by atoms with E-state index in [0.29, 0.717) is 0 Å². The molecule has 1 saturated heterocycles. The molecule has 21 aromatic rings. The average molecular weight is 1640 g/mol. The standard InChI is InChI=1S/C54H34S.C36H31BO2S.C24H14Br/c1-2-12-35(13-3-1)36-26-28-37(29-27-36)38-14-8-16-41(32-38)43-22-10-24-50-51-25-11-23-44(54(51)55-53(43)50)42-17-9-15-39(33-42)40-30-31-49-47-20-5-4-18-45(47)46-19-6-7-21-48(46)52(49)34-40;1-35(2)36(3,4)39-37(38-35)32-18-10-17-31-30-16-9-15-29(33(30)40-34(31)32)28-14-8-13-27(23-28)26-21-19-25(20-22-26)24-11-6-5-7-12-24;25-18-7-5-6-16(14-18)17-12-13-23-21-10-2-1-8-19(21)20-9-3-4-11-22(20)24(23)15-17/h1-34H;5-23H,1-4H3;2-15H/q;;+1. The van der Waals surface area contributed by atoms with Crippen molar-refractivity contribution < 1.29 is 9.31 Å². The summed E-state index contributed by atoms with van der Waals surface area (Å²) in [6.07, 6.45) is 9.50. The van der Waals surface area contributed by atoms with Gasteiger partial charge < -0.3 is 9.31 Å². The first-order valence-electron chi connectivity index (χ1n) is 41.1. The molecule has 2 nitrogen and oxygen atoms in total. The van der Waals surface area contributed by atoms with Crippen molar-refractivity contribution in [2.45, 2.75) is 38.9 Å². The van der Waals surface area contributed by atoms with Crippen LogP contribution in [0.4, 0.5) is 0 Å². The van der Waals surface area contributed by atoms with Gasteiger partial charge in [0, 0.05) is 67.1 Å². The smallest absolute Gasteiger partial charge is 0.399 e. The first-order valence-corrected chi connectivity index (χ1v) is 43.5. The van der Waals surface area contributed by atoms with Gasteiger partial charge in [-0.2, -0.15) is 0 Å². The summed E-state index contributed by atoms with van der Waals surface area (Å²) in [5.74, 6) is 0. The van der Waals surface area contributed by atoms with Crippen LogP contribution in [0.5, 0.6) is 0 Å². The molecule has 23 rings (SSSR count). The van der Waals surface area contributed by atoms with Crippen LogP contribution in [0.25, 0.3) is 207 Å². The molecule has 6 heteroatoms. The molecule has 568 valence electrons. The molecule has 1 aliphatic heterocycles. The maximum Gasteiger partial charge on any atom is 0.496 e. The minimum absolute atomic E-state index is 0.374. The lowest BCUT2D eigenvalue weighted by molar-refractivity contribution is 0.00578. The van der Waals surface area contributed by atoms with E-state index >= 15 is 0 Å². The van der Waals surface area contributed by atoms with Gasteiger partial charge in [0.05, 0.1) is 17.3 Å². The highest BCUT2D eigenvalue weighted by atomic mass is 79.9. The highest BCUT2D eigenvalue weighted by Crippen LogP contribution is 2.48. The highest BCUT2D eigenvalue weighted by Gasteiger charge is 2.52. The van der Waals surface area contributed by atoms with Gasteiger partial charge in [-0.3, -0.25) is 0 Å². The average Bonchev–Trinajstić information content (AvgIpc) is 1.42. The topological polar surface area (TPSA) is 18.5 Å². The van der Waals surface area contributed by atoms with E-state index < -0.39 is 0 Å². The van der Waals surface area contributed by atoms with Crippen molar-refractivity contribution in [2.24, 2.45) is 0 Å². The molecule has 1 aliphatic carbocycles. The first kappa shape index (κ1) is 74.3. The fraction of sp³-hybridized carbons (Fsp3) is 0.0526. The molecule has 3 heterocycles. The van der Waals surface area contributed by atoms with Crippen LogP contribution in [0.2, 0.25) is 0 Å². The number of rotatable bonds is 10. The van der Waals surface area contributed by atoms with Gasteiger partial charge in [0.2, 0.25) is 0 Å². The molecule has 2 aromatic heterocycles. The van der Waals surface area contributed by atoms with Crippen molar-refractivity contribution in [3.05, 3.63) is 416 Å². The highest BCUT2D eigenvalue weighted by molar-refractivity contribution is 9.10. The summed E-state index contributed by atoms with van der Waals surface area (Å²) in [7, 11) is -0.382.